The standard InChI is InChI=1S/C8H8N6/c9-13-11-3-1-7-5-10-8-2-4-12-14(8)6-7/h2,4-6H,1,3H2. The van der Waals surface area contributed by atoms with Crippen molar-refractivity contribution in [3.63, 3.8) is 0 Å². The third-order valence-corrected chi connectivity index (χ3v) is 1.86. The van der Waals surface area contributed by atoms with Gasteiger partial charge < -0.3 is 0 Å². The minimum absolute atomic E-state index is 0.449. The van der Waals surface area contributed by atoms with Gasteiger partial charge in [-0.25, -0.2) is 9.50 Å². The van der Waals surface area contributed by atoms with Gasteiger partial charge in [-0.15, -0.1) is 0 Å². The molecule has 2 aromatic rings. The molecule has 0 aliphatic heterocycles. The molecule has 0 unspecified atom stereocenters. The smallest absolute Gasteiger partial charge is 0.154 e. The lowest BCUT2D eigenvalue weighted by Crippen LogP contribution is -1.95. The Hall–Kier alpha value is -2.07. The molecule has 0 spiro atoms. The molecule has 70 valence electrons. The van der Waals surface area contributed by atoms with Crippen LogP contribution in [0, 0.1) is 0 Å². The molecule has 0 aliphatic rings. The van der Waals surface area contributed by atoms with Crippen LogP contribution in [-0.4, -0.2) is 21.1 Å². The van der Waals surface area contributed by atoms with E-state index in [1.54, 1.807) is 16.9 Å². The van der Waals surface area contributed by atoms with E-state index in [9.17, 15) is 0 Å². The van der Waals surface area contributed by atoms with Gasteiger partial charge in [0.05, 0.1) is 6.20 Å². The van der Waals surface area contributed by atoms with E-state index in [0.29, 0.717) is 13.0 Å². The van der Waals surface area contributed by atoms with Crippen LogP contribution in [0.2, 0.25) is 0 Å². The molecule has 0 bridgehead atoms. The fourth-order valence-electron chi connectivity index (χ4n) is 1.20. The first-order valence-corrected chi connectivity index (χ1v) is 4.19. The molecular weight excluding hydrogens is 180 g/mol. The maximum Gasteiger partial charge on any atom is 0.154 e. The number of aromatic nitrogens is 3. The zero-order valence-electron chi connectivity index (χ0n) is 7.41. The molecule has 0 fully saturated rings. The SMILES string of the molecule is [N-]=[N+]=NCCc1cnc2ccnn2c1. The molecule has 6 heteroatoms. The molecule has 0 atom stereocenters. The summed E-state index contributed by atoms with van der Waals surface area (Å²) >= 11 is 0. The van der Waals surface area contributed by atoms with Crippen LogP contribution in [0.15, 0.2) is 29.8 Å². The number of azide groups is 1. The zero-order valence-corrected chi connectivity index (χ0v) is 7.41. The van der Waals surface area contributed by atoms with Crippen molar-refractivity contribution in [1.82, 2.24) is 14.6 Å². The fraction of sp³-hybridized carbons (Fsp3) is 0.250. The largest absolute Gasteiger partial charge is 0.237 e. The fourth-order valence-corrected chi connectivity index (χ4v) is 1.20. The third-order valence-electron chi connectivity index (χ3n) is 1.86. The van der Waals surface area contributed by atoms with Crippen LogP contribution in [0.1, 0.15) is 5.56 Å². The molecule has 0 aromatic carbocycles. The van der Waals surface area contributed by atoms with Crippen molar-refractivity contribution in [2.75, 3.05) is 6.54 Å². The number of hydrogen-bond acceptors (Lipinski definition) is 3. The van der Waals surface area contributed by atoms with Gasteiger partial charge in [0.15, 0.2) is 5.65 Å². The lowest BCUT2D eigenvalue weighted by atomic mass is 10.2. The Kier molecular flexibility index (Phi) is 2.29. The number of rotatable bonds is 3. The molecule has 0 saturated carbocycles. The molecule has 0 N–H and O–H groups in total. The summed E-state index contributed by atoms with van der Waals surface area (Å²) < 4.78 is 1.70. The van der Waals surface area contributed by atoms with Crippen LogP contribution in [0.25, 0.3) is 16.1 Å². The van der Waals surface area contributed by atoms with Gasteiger partial charge in [-0.05, 0) is 17.5 Å². The number of hydrogen-bond donors (Lipinski definition) is 0. The van der Waals surface area contributed by atoms with E-state index in [1.807, 2.05) is 12.3 Å². The van der Waals surface area contributed by atoms with E-state index < -0.39 is 0 Å². The van der Waals surface area contributed by atoms with E-state index in [1.165, 1.54) is 0 Å². The van der Waals surface area contributed by atoms with Gasteiger partial charge in [-0.1, -0.05) is 5.11 Å². The van der Waals surface area contributed by atoms with Gasteiger partial charge >= 0.3 is 0 Å². The first-order valence-electron chi connectivity index (χ1n) is 4.19. The van der Waals surface area contributed by atoms with E-state index in [-0.39, 0.29) is 0 Å². The van der Waals surface area contributed by atoms with Crippen molar-refractivity contribution >= 4 is 5.65 Å². The predicted octanol–water partition coefficient (Wildman–Crippen LogP) is 1.58. The van der Waals surface area contributed by atoms with E-state index in [2.05, 4.69) is 20.1 Å². The highest BCUT2D eigenvalue weighted by molar-refractivity contribution is 5.35. The van der Waals surface area contributed by atoms with Crippen molar-refractivity contribution in [2.24, 2.45) is 5.11 Å². The second kappa shape index (κ2) is 3.76. The summed E-state index contributed by atoms with van der Waals surface area (Å²) in [7, 11) is 0. The lowest BCUT2D eigenvalue weighted by Gasteiger charge is -1.97. The van der Waals surface area contributed by atoms with Crippen LogP contribution in [-0.2, 0) is 6.42 Å². The van der Waals surface area contributed by atoms with Crippen molar-refractivity contribution < 1.29 is 0 Å². The summed E-state index contributed by atoms with van der Waals surface area (Å²) in [5.41, 5.74) is 9.93. The Morgan fingerprint density at radius 1 is 1.57 bits per heavy atom. The first kappa shape index (κ1) is 8.52. The minimum Gasteiger partial charge on any atom is -0.237 e. The molecule has 2 aromatic heterocycles. The van der Waals surface area contributed by atoms with Crippen LogP contribution in [0.3, 0.4) is 0 Å². The van der Waals surface area contributed by atoms with Crippen LogP contribution >= 0.6 is 0 Å². The van der Waals surface area contributed by atoms with Gasteiger partial charge in [-0.2, -0.15) is 5.10 Å². The average molecular weight is 188 g/mol. The summed E-state index contributed by atoms with van der Waals surface area (Å²) in [5.74, 6) is 0. The Bertz CT molecular complexity index is 481. The predicted molar refractivity (Wildman–Crippen MR) is 50.7 cm³/mol. The maximum atomic E-state index is 8.11. The average Bonchev–Trinajstić information content (AvgIpc) is 2.65. The van der Waals surface area contributed by atoms with Crippen LogP contribution in [0.4, 0.5) is 0 Å². The highest BCUT2D eigenvalue weighted by Gasteiger charge is 1.96. The van der Waals surface area contributed by atoms with E-state index in [4.69, 9.17) is 5.53 Å². The minimum atomic E-state index is 0.449. The molecule has 6 nitrogen and oxygen atoms in total. The summed E-state index contributed by atoms with van der Waals surface area (Å²) in [6.45, 7) is 0.449. The number of fused-ring (bicyclic) bond motifs is 1. The topological polar surface area (TPSA) is 79.0 Å². The molecule has 2 heterocycles. The molecule has 0 aliphatic carbocycles. The summed E-state index contributed by atoms with van der Waals surface area (Å²) in [5, 5.41) is 7.52. The van der Waals surface area contributed by atoms with Gasteiger partial charge in [0.25, 0.3) is 0 Å². The van der Waals surface area contributed by atoms with Crippen molar-refractivity contribution in [2.45, 2.75) is 6.42 Å². The highest BCUT2D eigenvalue weighted by atomic mass is 15.2. The Balaban J connectivity index is 2.21. The van der Waals surface area contributed by atoms with Crippen molar-refractivity contribution in [1.29, 1.82) is 0 Å². The van der Waals surface area contributed by atoms with Crippen LogP contribution in [0.5, 0.6) is 0 Å². The Labute approximate surface area is 79.8 Å². The summed E-state index contributed by atoms with van der Waals surface area (Å²) in [6, 6.07) is 1.83. The van der Waals surface area contributed by atoms with Gasteiger partial charge in [0.1, 0.15) is 0 Å². The quantitative estimate of drug-likeness (QED) is 0.416. The third kappa shape index (κ3) is 1.65. The molecule has 14 heavy (non-hydrogen) atoms. The van der Waals surface area contributed by atoms with Crippen molar-refractivity contribution in [3.8, 4) is 0 Å². The molecular formula is C8H8N6. The van der Waals surface area contributed by atoms with Crippen LogP contribution < -0.4 is 0 Å². The lowest BCUT2D eigenvalue weighted by molar-refractivity contribution is 0.881. The second-order valence-corrected chi connectivity index (χ2v) is 2.80. The summed E-state index contributed by atoms with van der Waals surface area (Å²) in [6.07, 6.45) is 6.03. The zero-order chi connectivity index (χ0) is 9.80. The molecule has 2 rings (SSSR count). The maximum absolute atomic E-state index is 8.11. The van der Waals surface area contributed by atoms with Gasteiger partial charge in [0.2, 0.25) is 0 Å². The molecule has 0 saturated heterocycles. The van der Waals surface area contributed by atoms with Gasteiger partial charge in [-0.3, -0.25) is 0 Å². The van der Waals surface area contributed by atoms with Crippen molar-refractivity contribution in [3.05, 3.63) is 40.7 Å². The van der Waals surface area contributed by atoms with Gasteiger partial charge in [0, 0.05) is 29.9 Å². The normalized spacial score (nSPS) is 10.0. The Morgan fingerprint density at radius 2 is 2.50 bits per heavy atom. The molecule has 0 radical (unpaired) electrons. The van der Waals surface area contributed by atoms with E-state index >= 15 is 0 Å². The number of nitrogens with zero attached hydrogens (tertiary/aromatic N) is 6. The summed E-state index contributed by atoms with van der Waals surface area (Å²) in [4.78, 5) is 6.87. The second-order valence-electron chi connectivity index (χ2n) is 2.80. The first-order chi connectivity index (χ1) is 6.90. The molecule has 0 amide bonds. The van der Waals surface area contributed by atoms with E-state index in [0.717, 1.165) is 11.2 Å². The monoisotopic (exact) mass is 188 g/mol. The Morgan fingerprint density at radius 3 is 3.36 bits per heavy atom. The highest BCUT2D eigenvalue weighted by Crippen LogP contribution is 2.02.